The van der Waals surface area contributed by atoms with Gasteiger partial charge in [0.2, 0.25) is 0 Å². The van der Waals surface area contributed by atoms with Crippen LogP contribution in [0.1, 0.15) is 70.4 Å². The molecule has 2 N–H and O–H groups in total. The maximum atomic E-state index is 13.7. The van der Waals surface area contributed by atoms with Crippen molar-refractivity contribution in [2.75, 3.05) is 33.8 Å². The van der Waals surface area contributed by atoms with Crippen LogP contribution in [0.3, 0.4) is 0 Å². The van der Waals surface area contributed by atoms with Gasteiger partial charge in [-0.1, -0.05) is 6.07 Å². The molecule has 224 valence electrons. The van der Waals surface area contributed by atoms with Crippen molar-refractivity contribution in [2.24, 2.45) is 0 Å². The third-order valence-corrected chi connectivity index (χ3v) is 9.77. The third-order valence-electron chi connectivity index (χ3n) is 9.77. The molecule has 0 radical (unpaired) electrons. The Labute approximate surface area is 241 Å². The lowest BCUT2D eigenvalue weighted by Crippen LogP contribution is -2.74. The second kappa shape index (κ2) is 10.1. The fourth-order valence-electron chi connectivity index (χ4n) is 7.94. The van der Waals surface area contributed by atoms with E-state index < -0.39 is 34.9 Å². The first-order chi connectivity index (χ1) is 19.5. The molecule has 6 rings (SSSR count). The number of amides is 2. The lowest BCUT2D eigenvalue weighted by molar-refractivity contribution is -0.163. The fourth-order valence-corrected chi connectivity index (χ4v) is 7.94. The van der Waals surface area contributed by atoms with E-state index in [0.717, 1.165) is 43.4 Å². The number of hydrogen-bond donors (Lipinski definition) is 2. The lowest BCUT2D eigenvalue weighted by atomic mass is 9.50. The molecule has 2 amide bonds. The molecule has 5 aliphatic rings. The number of benzene rings is 1. The molecule has 2 saturated heterocycles. The van der Waals surface area contributed by atoms with E-state index in [4.69, 9.17) is 18.9 Å². The first kappa shape index (κ1) is 28.2. The SMILES string of the molecule is COc1ccc2c3c1OC1C(OC(=O)N4CCCCC4CCNC(=O)OC(C)(C)C)=CCC4(O)C(C2)N(C)CCC314. The van der Waals surface area contributed by atoms with E-state index in [9.17, 15) is 14.7 Å². The number of rotatable bonds is 5. The van der Waals surface area contributed by atoms with Crippen molar-refractivity contribution in [3.63, 3.8) is 0 Å². The van der Waals surface area contributed by atoms with Crippen LogP contribution >= 0.6 is 0 Å². The van der Waals surface area contributed by atoms with Gasteiger partial charge < -0.3 is 39.2 Å². The maximum absolute atomic E-state index is 13.7. The van der Waals surface area contributed by atoms with Crippen LogP contribution in [-0.2, 0) is 21.3 Å². The van der Waals surface area contributed by atoms with Gasteiger partial charge >= 0.3 is 12.2 Å². The molecule has 5 unspecified atom stereocenters. The summed E-state index contributed by atoms with van der Waals surface area (Å²) >= 11 is 0. The zero-order valence-corrected chi connectivity index (χ0v) is 24.8. The van der Waals surface area contributed by atoms with Crippen LogP contribution in [0.15, 0.2) is 24.0 Å². The highest BCUT2D eigenvalue weighted by atomic mass is 16.6. The van der Waals surface area contributed by atoms with Crippen LogP contribution in [0.25, 0.3) is 0 Å². The van der Waals surface area contributed by atoms with E-state index in [1.165, 1.54) is 0 Å². The molecule has 2 aliphatic carbocycles. The topological polar surface area (TPSA) is 110 Å². The van der Waals surface area contributed by atoms with Crippen LogP contribution in [0, 0.1) is 0 Å². The Hall–Kier alpha value is -2.98. The van der Waals surface area contributed by atoms with Gasteiger partial charge in [-0.3, -0.25) is 0 Å². The van der Waals surface area contributed by atoms with Gasteiger partial charge in [-0.25, -0.2) is 9.59 Å². The smallest absolute Gasteiger partial charge is 0.415 e. The molecule has 10 nitrogen and oxygen atoms in total. The predicted molar refractivity (Wildman–Crippen MR) is 151 cm³/mol. The quantitative estimate of drug-likeness (QED) is 0.550. The van der Waals surface area contributed by atoms with E-state index in [1.54, 1.807) is 12.0 Å². The average molecular weight is 570 g/mol. The van der Waals surface area contributed by atoms with Crippen LogP contribution < -0.4 is 14.8 Å². The first-order valence-corrected chi connectivity index (χ1v) is 14.9. The highest BCUT2D eigenvalue weighted by Gasteiger charge is 2.72. The highest BCUT2D eigenvalue weighted by Crippen LogP contribution is 2.65. The van der Waals surface area contributed by atoms with Gasteiger partial charge in [-0.15, -0.1) is 0 Å². The van der Waals surface area contributed by atoms with E-state index in [2.05, 4.69) is 23.3 Å². The molecule has 3 heterocycles. The number of likely N-dealkylation sites (N-methyl/N-ethyl adjacent to an activating group) is 1. The van der Waals surface area contributed by atoms with Crippen LogP contribution in [0.4, 0.5) is 9.59 Å². The van der Waals surface area contributed by atoms with Crippen molar-refractivity contribution >= 4 is 12.2 Å². The van der Waals surface area contributed by atoms with Crippen molar-refractivity contribution in [3.8, 4) is 11.5 Å². The normalized spacial score (nSPS) is 31.9. The van der Waals surface area contributed by atoms with Crippen molar-refractivity contribution in [3.05, 3.63) is 35.1 Å². The molecule has 10 heteroatoms. The second-order valence-electron chi connectivity index (χ2n) is 13.2. The molecular weight excluding hydrogens is 526 g/mol. The van der Waals surface area contributed by atoms with Crippen molar-refractivity contribution in [2.45, 2.75) is 101 Å². The van der Waals surface area contributed by atoms with Crippen molar-refractivity contribution < 1.29 is 33.6 Å². The fraction of sp³-hybridized carbons (Fsp3) is 0.677. The number of piperidine rings is 2. The Morgan fingerprint density at radius 3 is 2.78 bits per heavy atom. The maximum Gasteiger partial charge on any atom is 0.415 e. The summed E-state index contributed by atoms with van der Waals surface area (Å²) in [6.45, 7) is 7.29. The Kier molecular flexibility index (Phi) is 6.92. The molecule has 2 bridgehead atoms. The molecule has 1 aromatic rings. The van der Waals surface area contributed by atoms with Crippen LogP contribution in [-0.4, -0.2) is 90.3 Å². The summed E-state index contributed by atoms with van der Waals surface area (Å²) in [4.78, 5) is 29.9. The molecule has 41 heavy (non-hydrogen) atoms. The molecule has 0 aromatic heterocycles. The number of hydrogen-bond acceptors (Lipinski definition) is 8. The highest BCUT2D eigenvalue weighted by molar-refractivity contribution is 5.71. The average Bonchev–Trinajstić information content (AvgIpc) is 3.27. The predicted octanol–water partition coefficient (Wildman–Crippen LogP) is 3.88. The number of ether oxygens (including phenoxy) is 4. The largest absolute Gasteiger partial charge is 0.493 e. The molecule has 5 atom stereocenters. The number of alkyl carbamates (subject to hydrolysis) is 1. The molecule has 0 saturated carbocycles. The van der Waals surface area contributed by atoms with E-state index in [0.29, 0.717) is 49.6 Å². The third kappa shape index (κ3) is 4.45. The van der Waals surface area contributed by atoms with E-state index >= 15 is 0 Å². The lowest BCUT2D eigenvalue weighted by Gasteiger charge is -2.61. The number of likely N-dealkylation sites (tertiary alicyclic amines) is 2. The molecule has 2 fully saturated rings. The Morgan fingerprint density at radius 2 is 2.02 bits per heavy atom. The van der Waals surface area contributed by atoms with Gasteiger partial charge in [0.05, 0.1) is 18.1 Å². The van der Waals surface area contributed by atoms with Crippen LogP contribution in [0.2, 0.25) is 0 Å². The molecule has 1 spiro atoms. The second-order valence-corrected chi connectivity index (χ2v) is 13.2. The minimum atomic E-state index is -1.05. The number of aliphatic hydroxyl groups is 1. The number of nitrogens with one attached hydrogen (secondary N) is 1. The standard InChI is InChI=1S/C31H43N3O7/c1-29(2,3)41-27(35)32-15-12-20-8-6-7-16-34(20)28(36)39-22-11-13-31(37)23-18-19-9-10-21(38-5)25-24(19)30(31,26(22)40-25)14-17-33(23)4/h9-11,20,23,26,37H,6-8,12-18H2,1-5H3,(H,32,35). The van der Waals surface area contributed by atoms with Crippen molar-refractivity contribution in [1.29, 1.82) is 0 Å². The first-order valence-electron chi connectivity index (χ1n) is 14.9. The summed E-state index contributed by atoms with van der Waals surface area (Å²) in [6, 6.07) is 3.90. The van der Waals surface area contributed by atoms with Gasteiger partial charge in [0.15, 0.2) is 17.6 Å². The van der Waals surface area contributed by atoms with Crippen LogP contribution in [0.5, 0.6) is 11.5 Å². The summed E-state index contributed by atoms with van der Waals surface area (Å²) in [6.07, 6.45) is 5.52. The van der Waals surface area contributed by atoms with Gasteiger partial charge in [-0.05, 0) is 90.6 Å². The summed E-state index contributed by atoms with van der Waals surface area (Å²) in [5.74, 6) is 1.75. The van der Waals surface area contributed by atoms with E-state index in [-0.39, 0.29) is 12.1 Å². The van der Waals surface area contributed by atoms with Gasteiger partial charge in [0.25, 0.3) is 0 Å². The van der Waals surface area contributed by atoms with Crippen molar-refractivity contribution in [1.82, 2.24) is 15.1 Å². The Balaban J connectivity index is 1.23. The van der Waals surface area contributed by atoms with Gasteiger partial charge in [0.1, 0.15) is 11.4 Å². The number of methoxy groups -OCH3 is 1. The van der Waals surface area contributed by atoms with E-state index in [1.807, 2.05) is 32.9 Å². The summed E-state index contributed by atoms with van der Waals surface area (Å²) in [5, 5.41) is 15.2. The number of carbonyl (C=O) groups excluding carboxylic acids is 2. The monoisotopic (exact) mass is 569 g/mol. The molecule has 3 aliphatic heterocycles. The summed E-state index contributed by atoms with van der Waals surface area (Å²) in [7, 11) is 3.70. The zero-order chi connectivity index (χ0) is 29.2. The molecular formula is C31H43N3O7. The Morgan fingerprint density at radius 1 is 1.22 bits per heavy atom. The minimum absolute atomic E-state index is 0.0544. The zero-order valence-electron chi connectivity index (χ0n) is 24.8. The Bertz CT molecular complexity index is 1260. The van der Waals surface area contributed by atoms with Gasteiger partial charge in [0, 0.05) is 37.2 Å². The molecule has 1 aromatic carbocycles. The number of carbonyl (C=O) groups is 2. The van der Waals surface area contributed by atoms with Gasteiger partial charge in [-0.2, -0.15) is 0 Å². The summed E-state index contributed by atoms with van der Waals surface area (Å²) in [5.41, 5.74) is -0.162. The minimum Gasteiger partial charge on any atom is -0.493 e. The number of nitrogens with zero attached hydrogens (tertiary/aromatic N) is 2. The summed E-state index contributed by atoms with van der Waals surface area (Å²) < 4.78 is 23.8.